The van der Waals surface area contributed by atoms with E-state index in [-0.39, 0.29) is 5.56 Å². The summed E-state index contributed by atoms with van der Waals surface area (Å²) in [5.74, 6) is -1.08. The first kappa shape index (κ1) is 15.0. The van der Waals surface area contributed by atoms with Crippen LogP contribution in [0.4, 0.5) is 10.5 Å². The van der Waals surface area contributed by atoms with Gasteiger partial charge in [0.25, 0.3) is 0 Å². The highest BCUT2D eigenvalue weighted by molar-refractivity contribution is 5.99. The van der Waals surface area contributed by atoms with Gasteiger partial charge >= 0.3 is 12.1 Å². The van der Waals surface area contributed by atoms with E-state index in [9.17, 15) is 9.59 Å². The Labute approximate surface area is 112 Å². The van der Waals surface area contributed by atoms with Crippen molar-refractivity contribution in [3.8, 4) is 0 Å². The van der Waals surface area contributed by atoms with Gasteiger partial charge in [-0.15, -0.1) is 0 Å². The van der Waals surface area contributed by atoms with Gasteiger partial charge in [-0.2, -0.15) is 0 Å². The molecule has 1 rings (SSSR count). The van der Waals surface area contributed by atoms with Crippen molar-refractivity contribution < 1.29 is 19.4 Å². The van der Waals surface area contributed by atoms with E-state index in [0.29, 0.717) is 12.1 Å². The first-order valence-electron chi connectivity index (χ1n) is 6.09. The Morgan fingerprint density at radius 3 is 2.42 bits per heavy atom. The van der Waals surface area contributed by atoms with E-state index in [0.717, 1.165) is 5.56 Å². The molecule has 0 aliphatic rings. The minimum absolute atomic E-state index is 0.0604. The number of carbonyl (C=O) groups excluding carboxylic acids is 1. The monoisotopic (exact) mass is 265 g/mol. The van der Waals surface area contributed by atoms with E-state index in [2.05, 4.69) is 5.32 Å². The first-order valence-corrected chi connectivity index (χ1v) is 6.09. The zero-order chi connectivity index (χ0) is 14.6. The highest BCUT2D eigenvalue weighted by Crippen LogP contribution is 2.23. The zero-order valence-electron chi connectivity index (χ0n) is 11.6. The molecule has 2 N–H and O–H groups in total. The summed E-state index contributed by atoms with van der Waals surface area (Å²) < 4.78 is 5.13. The molecule has 0 radical (unpaired) electrons. The van der Waals surface area contributed by atoms with Gasteiger partial charge in [-0.3, -0.25) is 5.32 Å². The normalized spacial score (nSPS) is 10.9. The zero-order valence-corrected chi connectivity index (χ0v) is 11.6. The molecule has 0 atom stereocenters. The van der Waals surface area contributed by atoms with Crippen molar-refractivity contribution in [1.82, 2.24) is 0 Å². The van der Waals surface area contributed by atoms with Crippen LogP contribution in [0.2, 0.25) is 0 Å². The van der Waals surface area contributed by atoms with Crippen molar-refractivity contribution >= 4 is 17.7 Å². The van der Waals surface area contributed by atoms with E-state index < -0.39 is 17.7 Å². The van der Waals surface area contributed by atoms with E-state index in [1.165, 1.54) is 6.07 Å². The predicted molar refractivity (Wildman–Crippen MR) is 72.6 cm³/mol. The molecule has 0 spiro atoms. The molecule has 19 heavy (non-hydrogen) atoms. The second kappa shape index (κ2) is 5.73. The van der Waals surface area contributed by atoms with E-state index >= 15 is 0 Å². The number of aromatic carboxylic acids is 1. The smallest absolute Gasteiger partial charge is 0.412 e. The lowest BCUT2D eigenvalue weighted by atomic mass is 10.1. The van der Waals surface area contributed by atoms with Crippen molar-refractivity contribution in [1.29, 1.82) is 0 Å². The molecule has 0 aromatic heterocycles. The summed E-state index contributed by atoms with van der Waals surface area (Å²) in [6.45, 7) is 7.13. The van der Waals surface area contributed by atoms with Gasteiger partial charge in [0, 0.05) is 0 Å². The van der Waals surface area contributed by atoms with Crippen LogP contribution in [-0.4, -0.2) is 22.8 Å². The van der Waals surface area contributed by atoms with Crippen LogP contribution in [-0.2, 0) is 11.2 Å². The van der Waals surface area contributed by atoms with E-state index in [1.807, 2.05) is 6.92 Å². The summed E-state index contributed by atoms with van der Waals surface area (Å²) >= 11 is 0. The average molecular weight is 265 g/mol. The number of anilines is 1. The number of carboxylic acids is 1. The highest BCUT2D eigenvalue weighted by atomic mass is 16.6. The Morgan fingerprint density at radius 2 is 1.95 bits per heavy atom. The number of ether oxygens (including phenoxy) is 1. The van der Waals surface area contributed by atoms with Gasteiger partial charge in [-0.05, 0) is 38.8 Å². The second-order valence-corrected chi connectivity index (χ2v) is 5.13. The summed E-state index contributed by atoms with van der Waals surface area (Å²) in [6.07, 6.45) is -0.0393. The number of benzene rings is 1. The maximum atomic E-state index is 11.7. The SMILES string of the molecule is CCc1cccc(C(=O)O)c1NC(=O)OC(C)(C)C. The molecule has 5 heteroatoms. The molecule has 0 aliphatic carbocycles. The minimum atomic E-state index is -1.08. The number of hydrogen-bond acceptors (Lipinski definition) is 3. The third-order valence-corrected chi connectivity index (χ3v) is 2.39. The Kier molecular flexibility index (Phi) is 4.53. The highest BCUT2D eigenvalue weighted by Gasteiger charge is 2.20. The Hall–Kier alpha value is -2.04. The second-order valence-electron chi connectivity index (χ2n) is 5.13. The largest absolute Gasteiger partial charge is 0.478 e. The van der Waals surface area contributed by atoms with Crippen molar-refractivity contribution in [2.75, 3.05) is 5.32 Å². The van der Waals surface area contributed by atoms with Crippen LogP contribution in [0.15, 0.2) is 18.2 Å². The van der Waals surface area contributed by atoms with Crippen molar-refractivity contribution in [2.24, 2.45) is 0 Å². The van der Waals surface area contributed by atoms with Crippen molar-refractivity contribution in [3.63, 3.8) is 0 Å². The third-order valence-electron chi connectivity index (χ3n) is 2.39. The van der Waals surface area contributed by atoms with Crippen LogP contribution >= 0.6 is 0 Å². The van der Waals surface area contributed by atoms with Crippen LogP contribution in [0.25, 0.3) is 0 Å². The lowest BCUT2D eigenvalue weighted by molar-refractivity contribution is 0.0636. The Balaban J connectivity index is 3.05. The van der Waals surface area contributed by atoms with Crippen LogP contribution in [0.3, 0.4) is 0 Å². The van der Waals surface area contributed by atoms with Gasteiger partial charge in [0.2, 0.25) is 0 Å². The number of carboxylic acid groups (broad SMARTS) is 1. The minimum Gasteiger partial charge on any atom is -0.478 e. The fourth-order valence-corrected chi connectivity index (χ4v) is 1.63. The Bertz CT molecular complexity index is 489. The quantitative estimate of drug-likeness (QED) is 0.879. The number of rotatable bonds is 3. The van der Waals surface area contributed by atoms with Crippen LogP contribution < -0.4 is 5.32 Å². The molecule has 0 saturated heterocycles. The van der Waals surface area contributed by atoms with Crippen molar-refractivity contribution in [3.05, 3.63) is 29.3 Å². The summed E-state index contributed by atoms with van der Waals surface area (Å²) in [4.78, 5) is 22.9. The first-order chi connectivity index (χ1) is 8.74. The van der Waals surface area contributed by atoms with Gasteiger partial charge in [0.15, 0.2) is 0 Å². The standard InChI is InChI=1S/C14H19NO4/c1-5-9-7-6-8-10(12(16)17)11(9)15-13(18)19-14(2,3)4/h6-8H,5H2,1-4H3,(H,15,18)(H,16,17). The number of nitrogens with one attached hydrogen (secondary N) is 1. The maximum absolute atomic E-state index is 11.7. The molecule has 0 saturated carbocycles. The maximum Gasteiger partial charge on any atom is 0.412 e. The Morgan fingerprint density at radius 1 is 1.32 bits per heavy atom. The lowest BCUT2D eigenvalue weighted by Gasteiger charge is -2.21. The molecular formula is C14H19NO4. The lowest BCUT2D eigenvalue weighted by Crippen LogP contribution is -2.28. The van der Waals surface area contributed by atoms with E-state index in [4.69, 9.17) is 9.84 Å². The molecule has 0 unspecified atom stereocenters. The van der Waals surface area contributed by atoms with Crippen LogP contribution in [0.5, 0.6) is 0 Å². The third kappa shape index (κ3) is 4.28. The predicted octanol–water partition coefficient (Wildman–Crippen LogP) is 3.29. The molecular weight excluding hydrogens is 246 g/mol. The fraction of sp³-hybridized carbons (Fsp3) is 0.429. The average Bonchev–Trinajstić information content (AvgIpc) is 2.26. The summed E-state index contributed by atoms with van der Waals surface area (Å²) in [5.41, 5.74) is 0.483. The number of carbonyl (C=O) groups is 2. The number of amides is 1. The van der Waals surface area contributed by atoms with Crippen LogP contribution in [0.1, 0.15) is 43.6 Å². The van der Waals surface area contributed by atoms with Crippen molar-refractivity contribution in [2.45, 2.75) is 39.7 Å². The fourth-order valence-electron chi connectivity index (χ4n) is 1.63. The number of para-hydroxylation sites is 1. The van der Waals surface area contributed by atoms with Gasteiger partial charge < -0.3 is 9.84 Å². The summed E-state index contributed by atoms with van der Waals surface area (Å²) in [7, 11) is 0. The molecule has 104 valence electrons. The number of aryl methyl sites for hydroxylation is 1. The van der Waals surface area contributed by atoms with E-state index in [1.54, 1.807) is 32.9 Å². The van der Waals surface area contributed by atoms with Gasteiger partial charge in [0.05, 0.1) is 11.3 Å². The van der Waals surface area contributed by atoms with Gasteiger partial charge in [-0.25, -0.2) is 9.59 Å². The molecule has 0 aliphatic heterocycles. The molecule has 0 bridgehead atoms. The van der Waals surface area contributed by atoms with Gasteiger partial charge in [-0.1, -0.05) is 19.1 Å². The molecule has 1 aromatic carbocycles. The van der Waals surface area contributed by atoms with Crippen LogP contribution in [0, 0.1) is 0 Å². The summed E-state index contributed by atoms with van der Waals surface area (Å²) in [5, 5.41) is 11.7. The summed E-state index contributed by atoms with van der Waals surface area (Å²) in [6, 6.07) is 4.88. The molecule has 1 amide bonds. The molecule has 1 aromatic rings. The molecule has 5 nitrogen and oxygen atoms in total. The molecule has 0 heterocycles. The number of hydrogen-bond donors (Lipinski definition) is 2. The molecule has 0 fully saturated rings. The van der Waals surface area contributed by atoms with Gasteiger partial charge in [0.1, 0.15) is 5.60 Å². The topological polar surface area (TPSA) is 75.6 Å².